The van der Waals surface area contributed by atoms with Gasteiger partial charge in [0.25, 0.3) is 0 Å². The second-order valence-electron chi connectivity index (χ2n) is 6.19. The van der Waals surface area contributed by atoms with Crippen LogP contribution in [0.25, 0.3) is 0 Å². The molecule has 2 fully saturated rings. The van der Waals surface area contributed by atoms with E-state index >= 15 is 0 Å². The molecule has 1 aromatic rings. The molecule has 120 valence electrons. The number of hydrogen-bond donors (Lipinski definition) is 1. The summed E-state index contributed by atoms with van der Waals surface area (Å²) in [5.74, 6) is 2.32. The highest BCUT2D eigenvalue weighted by molar-refractivity contribution is 7.99. The molecule has 2 aliphatic rings. The number of amides is 1. The van der Waals surface area contributed by atoms with Crippen LogP contribution in [0.4, 0.5) is 4.39 Å². The monoisotopic (exact) mass is 322 g/mol. The lowest BCUT2D eigenvalue weighted by Gasteiger charge is -2.20. The number of nitrogens with zero attached hydrogens (tertiary/aromatic N) is 1. The Balaban J connectivity index is 1.42. The van der Waals surface area contributed by atoms with Gasteiger partial charge in [0.1, 0.15) is 5.82 Å². The van der Waals surface area contributed by atoms with Crippen molar-refractivity contribution < 1.29 is 9.18 Å². The molecule has 2 aliphatic heterocycles. The third-order valence-electron chi connectivity index (χ3n) is 4.77. The summed E-state index contributed by atoms with van der Waals surface area (Å²) in [6.07, 6.45) is 2.83. The number of fused-ring (bicyclic) bond motifs is 1. The average Bonchev–Trinajstić information content (AvgIpc) is 2.87. The molecule has 1 N–H and O–H groups in total. The van der Waals surface area contributed by atoms with Gasteiger partial charge in [-0.3, -0.25) is 4.79 Å². The van der Waals surface area contributed by atoms with Crippen molar-refractivity contribution in [2.75, 3.05) is 31.9 Å². The van der Waals surface area contributed by atoms with Crippen molar-refractivity contribution in [3.8, 4) is 0 Å². The number of nitrogens with one attached hydrogen (secondary N) is 1. The molecule has 0 radical (unpaired) electrons. The van der Waals surface area contributed by atoms with Crippen LogP contribution in [0.15, 0.2) is 29.2 Å². The highest BCUT2D eigenvalue weighted by atomic mass is 32.2. The van der Waals surface area contributed by atoms with Crippen LogP contribution < -0.4 is 5.32 Å². The highest BCUT2D eigenvalue weighted by Crippen LogP contribution is 2.27. The minimum absolute atomic E-state index is 0.218. The second kappa shape index (κ2) is 7.47. The van der Waals surface area contributed by atoms with Gasteiger partial charge in [0.2, 0.25) is 5.91 Å². The number of halogens is 1. The molecule has 2 saturated heterocycles. The van der Waals surface area contributed by atoms with Crippen molar-refractivity contribution in [2.45, 2.75) is 24.2 Å². The van der Waals surface area contributed by atoms with E-state index in [0.29, 0.717) is 6.42 Å². The maximum absolute atomic E-state index is 12.8. The lowest BCUT2D eigenvalue weighted by Crippen LogP contribution is -2.32. The van der Waals surface area contributed by atoms with E-state index in [-0.39, 0.29) is 11.7 Å². The van der Waals surface area contributed by atoms with E-state index in [1.807, 2.05) is 4.90 Å². The lowest BCUT2D eigenvalue weighted by atomic mass is 9.92. The van der Waals surface area contributed by atoms with Crippen LogP contribution in [-0.2, 0) is 4.79 Å². The van der Waals surface area contributed by atoms with Crippen LogP contribution in [0.1, 0.15) is 19.3 Å². The molecular weight excluding hydrogens is 299 g/mol. The number of thioether (sulfide) groups is 1. The molecular formula is C17H23FN2OS. The van der Waals surface area contributed by atoms with Gasteiger partial charge in [0.05, 0.1) is 0 Å². The third-order valence-corrected chi connectivity index (χ3v) is 5.78. The Morgan fingerprint density at radius 1 is 1.18 bits per heavy atom. The first-order chi connectivity index (χ1) is 10.7. The first-order valence-corrected chi connectivity index (χ1v) is 9.08. The predicted octanol–water partition coefficient (Wildman–Crippen LogP) is 2.77. The summed E-state index contributed by atoms with van der Waals surface area (Å²) >= 11 is 1.62. The summed E-state index contributed by atoms with van der Waals surface area (Å²) in [6, 6.07) is 6.46. The highest BCUT2D eigenvalue weighted by Gasteiger charge is 2.31. The van der Waals surface area contributed by atoms with Crippen LogP contribution in [-0.4, -0.2) is 42.7 Å². The first kappa shape index (κ1) is 15.8. The van der Waals surface area contributed by atoms with Crippen molar-refractivity contribution >= 4 is 17.7 Å². The van der Waals surface area contributed by atoms with Crippen molar-refractivity contribution in [3.63, 3.8) is 0 Å². The molecule has 1 amide bonds. The van der Waals surface area contributed by atoms with Gasteiger partial charge in [-0.25, -0.2) is 4.39 Å². The summed E-state index contributed by atoms with van der Waals surface area (Å²) in [5.41, 5.74) is 0. The van der Waals surface area contributed by atoms with Crippen LogP contribution in [0.2, 0.25) is 0 Å². The van der Waals surface area contributed by atoms with E-state index in [0.717, 1.165) is 61.5 Å². The Morgan fingerprint density at radius 3 is 2.45 bits per heavy atom. The Kier molecular flexibility index (Phi) is 5.37. The maximum Gasteiger partial charge on any atom is 0.223 e. The molecule has 22 heavy (non-hydrogen) atoms. The quantitative estimate of drug-likeness (QED) is 0.865. The van der Waals surface area contributed by atoms with Gasteiger partial charge in [0, 0.05) is 30.2 Å². The smallest absolute Gasteiger partial charge is 0.223 e. The molecule has 0 aromatic heterocycles. The third kappa shape index (κ3) is 4.02. The summed E-state index contributed by atoms with van der Waals surface area (Å²) in [4.78, 5) is 15.4. The molecule has 5 heteroatoms. The number of carbonyl (C=O) groups is 1. The number of hydrogen-bond acceptors (Lipinski definition) is 3. The summed E-state index contributed by atoms with van der Waals surface area (Å²) in [5, 5.41) is 3.46. The van der Waals surface area contributed by atoms with Gasteiger partial charge in [-0.05, 0) is 62.0 Å². The normalized spacial score (nSPS) is 24.9. The van der Waals surface area contributed by atoms with Gasteiger partial charge in [-0.15, -0.1) is 11.8 Å². The molecule has 0 unspecified atom stereocenters. The van der Waals surface area contributed by atoms with Crippen LogP contribution in [0, 0.1) is 17.7 Å². The second-order valence-corrected chi connectivity index (χ2v) is 7.36. The van der Waals surface area contributed by atoms with Crippen molar-refractivity contribution in [1.82, 2.24) is 10.2 Å². The zero-order chi connectivity index (χ0) is 15.4. The number of benzene rings is 1. The van der Waals surface area contributed by atoms with Gasteiger partial charge >= 0.3 is 0 Å². The Labute approximate surface area is 135 Å². The topological polar surface area (TPSA) is 32.3 Å². The average molecular weight is 322 g/mol. The molecule has 3 nitrogen and oxygen atoms in total. The van der Waals surface area contributed by atoms with Gasteiger partial charge < -0.3 is 10.2 Å². The molecule has 2 heterocycles. The summed E-state index contributed by atoms with van der Waals surface area (Å²) < 4.78 is 12.8. The van der Waals surface area contributed by atoms with Gasteiger partial charge in [-0.1, -0.05) is 0 Å². The van der Waals surface area contributed by atoms with Crippen LogP contribution in [0.5, 0.6) is 0 Å². The SMILES string of the molecule is O=C(CCSc1ccc(F)cc1)N1CC[C@@H]2CNC[C@@H]2CC1. The van der Waals surface area contributed by atoms with Crippen LogP contribution >= 0.6 is 11.8 Å². The minimum Gasteiger partial charge on any atom is -0.343 e. The largest absolute Gasteiger partial charge is 0.343 e. The summed E-state index contributed by atoms with van der Waals surface area (Å²) in [7, 11) is 0. The number of likely N-dealkylation sites (tertiary alicyclic amines) is 1. The van der Waals surface area contributed by atoms with Crippen molar-refractivity contribution in [2.24, 2.45) is 11.8 Å². The van der Waals surface area contributed by atoms with Crippen molar-refractivity contribution in [1.29, 1.82) is 0 Å². The van der Waals surface area contributed by atoms with E-state index in [9.17, 15) is 9.18 Å². The predicted molar refractivity (Wildman–Crippen MR) is 87.4 cm³/mol. The molecule has 2 atom stereocenters. The minimum atomic E-state index is -0.218. The summed E-state index contributed by atoms with van der Waals surface area (Å²) in [6.45, 7) is 4.05. The molecule has 0 bridgehead atoms. The maximum atomic E-state index is 12.8. The zero-order valence-electron chi connectivity index (χ0n) is 12.8. The Bertz CT molecular complexity index is 494. The fourth-order valence-corrected chi connectivity index (χ4v) is 4.25. The van der Waals surface area contributed by atoms with Gasteiger partial charge in [-0.2, -0.15) is 0 Å². The van der Waals surface area contributed by atoms with E-state index < -0.39 is 0 Å². The van der Waals surface area contributed by atoms with E-state index in [2.05, 4.69) is 5.32 Å². The Hall–Kier alpha value is -1.07. The lowest BCUT2D eigenvalue weighted by molar-refractivity contribution is -0.130. The van der Waals surface area contributed by atoms with E-state index in [1.54, 1.807) is 23.9 Å². The van der Waals surface area contributed by atoms with Crippen LogP contribution in [0.3, 0.4) is 0 Å². The zero-order valence-corrected chi connectivity index (χ0v) is 13.6. The Morgan fingerprint density at radius 2 is 1.82 bits per heavy atom. The van der Waals surface area contributed by atoms with Crippen molar-refractivity contribution in [3.05, 3.63) is 30.1 Å². The van der Waals surface area contributed by atoms with E-state index in [1.165, 1.54) is 12.1 Å². The first-order valence-electron chi connectivity index (χ1n) is 8.09. The number of rotatable bonds is 4. The molecule has 0 saturated carbocycles. The fourth-order valence-electron chi connectivity index (χ4n) is 3.41. The molecule has 0 aliphatic carbocycles. The fraction of sp³-hybridized carbons (Fsp3) is 0.588. The molecule has 0 spiro atoms. The van der Waals surface area contributed by atoms with E-state index in [4.69, 9.17) is 0 Å². The van der Waals surface area contributed by atoms with Gasteiger partial charge in [0.15, 0.2) is 0 Å². The number of carbonyl (C=O) groups excluding carboxylic acids is 1. The standard InChI is InChI=1S/C17H23FN2OS/c18-15-1-3-16(4-2-15)22-10-7-17(21)20-8-5-13-11-19-12-14(13)6-9-20/h1-4,13-14,19H,5-12H2/t13-,14+. The molecule has 1 aromatic carbocycles. The molecule has 3 rings (SSSR count).